The van der Waals surface area contributed by atoms with E-state index >= 15 is 0 Å². The summed E-state index contributed by atoms with van der Waals surface area (Å²) in [6, 6.07) is 11.6. The molecule has 2 N–H and O–H groups in total. The number of fused-ring (bicyclic) bond motifs is 2. The van der Waals surface area contributed by atoms with E-state index in [1.165, 1.54) is 12.1 Å². The molecule has 0 saturated carbocycles. The quantitative estimate of drug-likeness (QED) is 0.590. The second kappa shape index (κ2) is 5.42. The van der Waals surface area contributed by atoms with Gasteiger partial charge in [-0.3, -0.25) is 14.9 Å². The van der Waals surface area contributed by atoms with Gasteiger partial charge in [0.05, 0.1) is 34.2 Å². The van der Waals surface area contributed by atoms with Crippen LogP contribution in [0.25, 0.3) is 21.8 Å². The molecule has 0 spiro atoms. The molecule has 1 amide bonds. The summed E-state index contributed by atoms with van der Waals surface area (Å²) < 4.78 is 13.3. The van der Waals surface area contributed by atoms with E-state index in [9.17, 15) is 9.18 Å². The van der Waals surface area contributed by atoms with Crippen molar-refractivity contribution in [2.75, 3.05) is 5.32 Å². The highest BCUT2D eigenvalue weighted by Crippen LogP contribution is 2.23. The van der Waals surface area contributed by atoms with Gasteiger partial charge in [-0.1, -0.05) is 12.1 Å². The van der Waals surface area contributed by atoms with Crippen LogP contribution in [0, 0.1) is 12.7 Å². The number of aryl methyl sites for hydroxylation is 1. The van der Waals surface area contributed by atoms with Crippen molar-refractivity contribution in [3.8, 4) is 0 Å². The Bertz CT molecular complexity index is 1090. The smallest absolute Gasteiger partial charge is 0.257 e. The third kappa shape index (κ3) is 2.38. The standard InChI is InChI=1S/C18H13FN4O/c1-10-14(7-11-5-6-13(19)8-16(11)21-10)18(24)22-15-4-2-3-12-9-20-23-17(12)15/h2-9H,1H3,(H,20,23)(H,22,24). The molecule has 0 unspecified atom stereocenters. The first kappa shape index (κ1) is 14.3. The van der Waals surface area contributed by atoms with Crippen molar-refractivity contribution in [2.24, 2.45) is 0 Å². The third-order valence-electron chi connectivity index (χ3n) is 3.94. The second-order valence-corrected chi connectivity index (χ2v) is 5.55. The molecule has 118 valence electrons. The Morgan fingerprint density at radius 3 is 2.92 bits per heavy atom. The number of amides is 1. The van der Waals surface area contributed by atoms with Crippen LogP contribution in [0.15, 0.2) is 48.7 Å². The molecule has 5 nitrogen and oxygen atoms in total. The van der Waals surface area contributed by atoms with Crippen molar-refractivity contribution in [1.82, 2.24) is 15.2 Å². The summed E-state index contributed by atoms with van der Waals surface area (Å²) in [4.78, 5) is 17.0. The Hall–Kier alpha value is -3.28. The maximum Gasteiger partial charge on any atom is 0.257 e. The van der Waals surface area contributed by atoms with Crippen LogP contribution < -0.4 is 5.32 Å². The zero-order valence-corrected chi connectivity index (χ0v) is 12.8. The minimum Gasteiger partial charge on any atom is -0.320 e. The fraction of sp³-hybridized carbons (Fsp3) is 0.0556. The number of carbonyl (C=O) groups excluding carboxylic acids is 1. The van der Waals surface area contributed by atoms with E-state index in [2.05, 4.69) is 20.5 Å². The van der Waals surface area contributed by atoms with E-state index in [0.29, 0.717) is 27.8 Å². The average molecular weight is 320 g/mol. The Balaban J connectivity index is 1.74. The number of H-pyrrole nitrogens is 1. The number of halogens is 1. The van der Waals surface area contributed by atoms with Crippen LogP contribution >= 0.6 is 0 Å². The van der Waals surface area contributed by atoms with Crippen molar-refractivity contribution < 1.29 is 9.18 Å². The summed E-state index contributed by atoms with van der Waals surface area (Å²) in [7, 11) is 0. The van der Waals surface area contributed by atoms with Crippen molar-refractivity contribution in [3.05, 3.63) is 65.7 Å². The molecule has 0 aliphatic rings. The first-order valence-electron chi connectivity index (χ1n) is 7.42. The van der Waals surface area contributed by atoms with E-state index in [1.54, 1.807) is 31.3 Å². The predicted octanol–water partition coefficient (Wildman–Crippen LogP) is 3.81. The zero-order chi connectivity index (χ0) is 16.7. The Labute approximate surface area is 136 Å². The molecule has 0 saturated heterocycles. The van der Waals surface area contributed by atoms with Crippen molar-refractivity contribution in [2.45, 2.75) is 6.92 Å². The number of hydrogen-bond acceptors (Lipinski definition) is 3. The Morgan fingerprint density at radius 1 is 1.17 bits per heavy atom. The van der Waals surface area contributed by atoms with Gasteiger partial charge in [-0.15, -0.1) is 0 Å². The number of nitrogens with zero attached hydrogens (tertiary/aromatic N) is 2. The molecule has 0 aliphatic heterocycles. The van der Waals surface area contributed by atoms with Gasteiger partial charge >= 0.3 is 0 Å². The predicted molar refractivity (Wildman–Crippen MR) is 90.5 cm³/mol. The summed E-state index contributed by atoms with van der Waals surface area (Å²) in [5, 5.41) is 11.4. The lowest BCUT2D eigenvalue weighted by atomic mass is 10.1. The van der Waals surface area contributed by atoms with Gasteiger partial charge in [-0.2, -0.15) is 5.10 Å². The van der Waals surface area contributed by atoms with Crippen molar-refractivity contribution in [1.29, 1.82) is 0 Å². The average Bonchev–Trinajstić information content (AvgIpc) is 3.03. The summed E-state index contributed by atoms with van der Waals surface area (Å²) in [5.41, 5.74) is 2.93. The number of aromatic nitrogens is 3. The molecule has 2 aromatic heterocycles. The number of benzene rings is 2. The third-order valence-corrected chi connectivity index (χ3v) is 3.94. The van der Waals surface area contributed by atoms with Crippen LogP contribution in [-0.2, 0) is 0 Å². The van der Waals surface area contributed by atoms with Crippen molar-refractivity contribution >= 4 is 33.4 Å². The fourth-order valence-electron chi connectivity index (χ4n) is 2.73. The molecule has 2 heterocycles. The van der Waals surface area contributed by atoms with Gasteiger partial charge in [-0.05, 0) is 31.2 Å². The SMILES string of the molecule is Cc1nc2cc(F)ccc2cc1C(=O)Nc1cccc2cn[nH]c12. The van der Waals surface area contributed by atoms with Crippen LogP contribution in [0.5, 0.6) is 0 Å². The molecular weight excluding hydrogens is 307 g/mol. The van der Waals surface area contributed by atoms with Crippen LogP contribution in [0.3, 0.4) is 0 Å². The summed E-state index contributed by atoms with van der Waals surface area (Å²) in [5.74, 6) is -0.620. The highest BCUT2D eigenvalue weighted by atomic mass is 19.1. The number of rotatable bonds is 2. The maximum absolute atomic E-state index is 13.3. The van der Waals surface area contributed by atoms with Crippen molar-refractivity contribution in [3.63, 3.8) is 0 Å². The monoisotopic (exact) mass is 320 g/mol. The largest absolute Gasteiger partial charge is 0.320 e. The Morgan fingerprint density at radius 2 is 2.04 bits per heavy atom. The first-order valence-corrected chi connectivity index (χ1v) is 7.42. The summed E-state index contributed by atoms with van der Waals surface area (Å²) >= 11 is 0. The zero-order valence-electron chi connectivity index (χ0n) is 12.8. The molecule has 4 rings (SSSR count). The molecule has 2 aromatic carbocycles. The molecule has 0 bridgehead atoms. The summed E-state index contributed by atoms with van der Waals surface area (Å²) in [6.07, 6.45) is 1.70. The molecular formula is C18H13FN4O. The minimum absolute atomic E-state index is 0.270. The van der Waals surface area contributed by atoms with Gasteiger partial charge in [0.25, 0.3) is 5.91 Å². The highest BCUT2D eigenvalue weighted by Gasteiger charge is 2.14. The van der Waals surface area contributed by atoms with Gasteiger partial charge in [0, 0.05) is 16.8 Å². The van der Waals surface area contributed by atoms with E-state index < -0.39 is 0 Å². The van der Waals surface area contributed by atoms with E-state index in [0.717, 1.165) is 10.9 Å². The molecule has 0 atom stereocenters. The lowest BCUT2D eigenvalue weighted by Crippen LogP contribution is -2.14. The van der Waals surface area contributed by atoms with Gasteiger partial charge < -0.3 is 5.32 Å². The number of nitrogens with one attached hydrogen (secondary N) is 2. The number of para-hydroxylation sites is 1. The van der Waals surface area contributed by atoms with Gasteiger partial charge in [0.15, 0.2) is 0 Å². The topological polar surface area (TPSA) is 70.7 Å². The van der Waals surface area contributed by atoms with Crippen LogP contribution in [0.4, 0.5) is 10.1 Å². The van der Waals surface area contributed by atoms with Crippen LogP contribution in [0.1, 0.15) is 16.1 Å². The number of pyridine rings is 1. The second-order valence-electron chi connectivity index (χ2n) is 5.55. The first-order chi connectivity index (χ1) is 11.6. The molecule has 0 aliphatic carbocycles. The fourth-order valence-corrected chi connectivity index (χ4v) is 2.73. The van der Waals surface area contributed by atoms with Gasteiger partial charge in [0.1, 0.15) is 5.82 Å². The summed E-state index contributed by atoms with van der Waals surface area (Å²) in [6.45, 7) is 1.73. The normalized spacial score (nSPS) is 11.1. The molecule has 0 fully saturated rings. The number of aromatic amines is 1. The molecule has 4 aromatic rings. The molecule has 6 heteroatoms. The maximum atomic E-state index is 13.3. The minimum atomic E-state index is -0.350. The van der Waals surface area contributed by atoms with E-state index in [4.69, 9.17) is 0 Å². The van der Waals surface area contributed by atoms with E-state index in [1.807, 2.05) is 12.1 Å². The number of anilines is 1. The molecule has 0 radical (unpaired) electrons. The van der Waals surface area contributed by atoms with Gasteiger partial charge in [-0.25, -0.2) is 4.39 Å². The highest BCUT2D eigenvalue weighted by molar-refractivity contribution is 6.10. The van der Waals surface area contributed by atoms with Gasteiger partial charge in [0.2, 0.25) is 0 Å². The van der Waals surface area contributed by atoms with Crippen LogP contribution in [-0.4, -0.2) is 21.1 Å². The van der Waals surface area contributed by atoms with E-state index in [-0.39, 0.29) is 11.7 Å². The number of carbonyl (C=O) groups is 1. The Kier molecular flexibility index (Phi) is 3.23. The lowest BCUT2D eigenvalue weighted by Gasteiger charge is -2.09. The lowest BCUT2D eigenvalue weighted by molar-refractivity contribution is 0.102. The molecule has 24 heavy (non-hydrogen) atoms. The van der Waals surface area contributed by atoms with Crippen LogP contribution in [0.2, 0.25) is 0 Å². The number of hydrogen-bond donors (Lipinski definition) is 2.